The molecule has 0 saturated heterocycles. The summed E-state index contributed by atoms with van der Waals surface area (Å²) >= 11 is 1.68. The summed E-state index contributed by atoms with van der Waals surface area (Å²) in [6.45, 7) is 8.02. The Kier molecular flexibility index (Phi) is 3.86. The van der Waals surface area contributed by atoms with Crippen LogP contribution >= 0.6 is 11.3 Å². The van der Waals surface area contributed by atoms with Gasteiger partial charge in [-0.1, -0.05) is 13.0 Å². The molecule has 0 atom stereocenters. The molecule has 0 aliphatic heterocycles. The zero-order valence-electron chi connectivity index (χ0n) is 10.4. The minimum Gasteiger partial charge on any atom is -0.313 e. The number of aromatic nitrogens is 2. The summed E-state index contributed by atoms with van der Waals surface area (Å²) < 4.78 is 0. The first kappa shape index (κ1) is 12.2. The van der Waals surface area contributed by atoms with Crippen LogP contribution in [0.15, 0.2) is 17.5 Å². The molecule has 0 spiro atoms. The second-order valence-electron chi connectivity index (χ2n) is 3.95. The SMILES string of the molecule is CCNCc1c(C)nc(-c2cccs2)nc1C. The van der Waals surface area contributed by atoms with Crippen LogP contribution in [0.4, 0.5) is 0 Å². The lowest BCUT2D eigenvalue weighted by Gasteiger charge is -2.10. The monoisotopic (exact) mass is 247 g/mol. The summed E-state index contributed by atoms with van der Waals surface area (Å²) in [5.41, 5.74) is 3.36. The Bertz CT molecular complexity index is 468. The van der Waals surface area contributed by atoms with Crippen molar-refractivity contribution < 1.29 is 0 Å². The van der Waals surface area contributed by atoms with Crippen molar-refractivity contribution >= 4 is 11.3 Å². The van der Waals surface area contributed by atoms with Crippen LogP contribution in [0, 0.1) is 13.8 Å². The third kappa shape index (κ3) is 2.70. The second-order valence-corrected chi connectivity index (χ2v) is 4.90. The number of rotatable bonds is 4. The maximum absolute atomic E-state index is 4.59. The zero-order chi connectivity index (χ0) is 12.3. The molecule has 17 heavy (non-hydrogen) atoms. The van der Waals surface area contributed by atoms with Crippen LogP contribution in [0.2, 0.25) is 0 Å². The highest BCUT2D eigenvalue weighted by Gasteiger charge is 2.09. The fourth-order valence-corrected chi connectivity index (χ4v) is 2.42. The van der Waals surface area contributed by atoms with E-state index in [0.717, 1.165) is 35.2 Å². The lowest BCUT2D eigenvalue weighted by molar-refractivity contribution is 0.711. The molecule has 2 aromatic rings. The van der Waals surface area contributed by atoms with Crippen molar-refractivity contribution in [3.8, 4) is 10.7 Å². The van der Waals surface area contributed by atoms with Crippen molar-refractivity contribution in [1.82, 2.24) is 15.3 Å². The van der Waals surface area contributed by atoms with Gasteiger partial charge in [-0.2, -0.15) is 0 Å². The molecule has 90 valence electrons. The van der Waals surface area contributed by atoms with E-state index in [9.17, 15) is 0 Å². The van der Waals surface area contributed by atoms with Crippen LogP contribution in [-0.2, 0) is 6.54 Å². The molecule has 0 bridgehead atoms. The molecule has 2 aromatic heterocycles. The molecule has 4 heteroatoms. The Labute approximate surface area is 106 Å². The highest BCUT2D eigenvalue weighted by molar-refractivity contribution is 7.13. The molecular formula is C13H17N3S. The Morgan fingerprint density at radius 1 is 1.24 bits per heavy atom. The van der Waals surface area contributed by atoms with Crippen molar-refractivity contribution in [2.45, 2.75) is 27.3 Å². The van der Waals surface area contributed by atoms with Gasteiger partial charge in [0.1, 0.15) is 0 Å². The molecule has 0 radical (unpaired) electrons. The number of thiophene rings is 1. The van der Waals surface area contributed by atoms with Crippen molar-refractivity contribution in [3.05, 3.63) is 34.5 Å². The predicted octanol–water partition coefficient (Wildman–Crippen LogP) is 2.93. The molecule has 0 saturated carbocycles. The van der Waals surface area contributed by atoms with Gasteiger partial charge in [-0.25, -0.2) is 9.97 Å². The summed E-state index contributed by atoms with van der Waals surface area (Å²) in [5.74, 6) is 0.843. The van der Waals surface area contributed by atoms with Crippen molar-refractivity contribution in [3.63, 3.8) is 0 Å². The van der Waals surface area contributed by atoms with Crippen LogP contribution in [0.5, 0.6) is 0 Å². The van der Waals surface area contributed by atoms with E-state index in [4.69, 9.17) is 0 Å². The molecule has 2 heterocycles. The van der Waals surface area contributed by atoms with Crippen LogP contribution < -0.4 is 5.32 Å². The molecule has 0 aliphatic rings. The topological polar surface area (TPSA) is 37.8 Å². The highest BCUT2D eigenvalue weighted by atomic mass is 32.1. The Hall–Kier alpha value is -1.26. The van der Waals surface area contributed by atoms with Gasteiger partial charge < -0.3 is 5.32 Å². The van der Waals surface area contributed by atoms with Crippen LogP contribution in [0.3, 0.4) is 0 Å². The molecular weight excluding hydrogens is 230 g/mol. The summed E-state index contributed by atoms with van der Waals surface area (Å²) in [5, 5.41) is 5.37. The molecule has 2 rings (SSSR count). The first-order chi connectivity index (χ1) is 8.22. The van der Waals surface area contributed by atoms with Gasteiger partial charge in [-0.3, -0.25) is 0 Å². The van der Waals surface area contributed by atoms with E-state index < -0.39 is 0 Å². The van der Waals surface area contributed by atoms with E-state index in [1.807, 2.05) is 6.07 Å². The van der Waals surface area contributed by atoms with Crippen LogP contribution in [0.25, 0.3) is 10.7 Å². The summed E-state index contributed by atoms with van der Waals surface area (Å²) in [4.78, 5) is 10.3. The number of aryl methyl sites for hydroxylation is 2. The standard InChI is InChI=1S/C13H17N3S/c1-4-14-8-11-9(2)15-13(16-10(11)3)12-6-5-7-17-12/h5-7,14H,4,8H2,1-3H3. The average molecular weight is 247 g/mol. The molecule has 1 N–H and O–H groups in total. The number of hydrogen-bond acceptors (Lipinski definition) is 4. The van der Waals surface area contributed by atoms with E-state index in [2.05, 4.69) is 47.5 Å². The molecule has 0 aliphatic carbocycles. The van der Waals surface area contributed by atoms with Gasteiger partial charge in [0.05, 0.1) is 4.88 Å². The van der Waals surface area contributed by atoms with Crippen LogP contribution in [0.1, 0.15) is 23.9 Å². The Morgan fingerprint density at radius 2 is 1.94 bits per heavy atom. The Balaban J connectivity index is 2.35. The number of nitrogens with zero attached hydrogens (tertiary/aromatic N) is 2. The minimum atomic E-state index is 0.843. The molecule has 0 unspecified atom stereocenters. The highest BCUT2D eigenvalue weighted by Crippen LogP contribution is 2.23. The fraction of sp³-hybridized carbons (Fsp3) is 0.385. The van der Waals surface area contributed by atoms with Crippen molar-refractivity contribution in [2.75, 3.05) is 6.54 Å². The predicted molar refractivity (Wildman–Crippen MR) is 72.2 cm³/mol. The van der Waals surface area contributed by atoms with Gasteiger partial charge in [0.15, 0.2) is 5.82 Å². The number of nitrogens with one attached hydrogen (secondary N) is 1. The van der Waals surface area contributed by atoms with E-state index in [1.165, 1.54) is 5.56 Å². The van der Waals surface area contributed by atoms with Crippen LogP contribution in [-0.4, -0.2) is 16.5 Å². The first-order valence-electron chi connectivity index (χ1n) is 5.81. The third-order valence-electron chi connectivity index (χ3n) is 2.71. The fourth-order valence-electron chi connectivity index (χ4n) is 1.76. The van der Waals surface area contributed by atoms with Gasteiger partial charge in [0, 0.05) is 23.5 Å². The van der Waals surface area contributed by atoms with E-state index in [-0.39, 0.29) is 0 Å². The van der Waals surface area contributed by atoms with E-state index in [1.54, 1.807) is 11.3 Å². The maximum atomic E-state index is 4.59. The zero-order valence-corrected chi connectivity index (χ0v) is 11.3. The summed E-state index contributed by atoms with van der Waals surface area (Å²) in [6, 6.07) is 4.09. The largest absolute Gasteiger partial charge is 0.313 e. The van der Waals surface area contributed by atoms with Gasteiger partial charge in [0.2, 0.25) is 0 Å². The van der Waals surface area contributed by atoms with Gasteiger partial charge in [-0.15, -0.1) is 11.3 Å². The van der Waals surface area contributed by atoms with Crippen molar-refractivity contribution in [2.24, 2.45) is 0 Å². The van der Waals surface area contributed by atoms with Gasteiger partial charge in [-0.05, 0) is 31.8 Å². The quantitative estimate of drug-likeness (QED) is 0.902. The van der Waals surface area contributed by atoms with E-state index >= 15 is 0 Å². The lowest BCUT2D eigenvalue weighted by atomic mass is 10.1. The summed E-state index contributed by atoms with van der Waals surface area (Å²) in [6.07, 6.45) is 0. The second kappa shape index (κ2) is 5.38. The lowest BCUT2D eigenvalue weighted by Crippen LogP contribution is -2.15. The molecule has 3 nitrogen and oxygen atoms in total. The first-order valence-corrected chi connectivity index (χ1v) is 6.69. The summed E-state index contributed by atoms with van der Waals surface area (Å²) in [7, 11) is 0. The van der Waals surface area contributed by atoms with Crippen molar-refractivity contribution in [1.29, 1.82) is 0 Å². The van der Waals surface area contributed by atoms with Gasteiger partial charge in [0.25, 0.3) is 0 Å². The minimum absolute atomic E-state index is 0.843. The molecule has 0 aromatic carbocycles. The maximum Gasteiger partial charge on any atom is 0.169 e. The smallest absolute Gasteiger partial charge is 0.169 e. The molecule has 0 fully saturated rings. The Morgan fingerprint density at radius 3 is 2.47 bits per heavy atom. The molecule has 0 amide bonds. The average Bonchev–Trinajstić information content (AvgIpc) is 2.81. The van der Waals surface area contributed by atoms with E-state index in [0.29, 0.717) is 0 Å². The van der Waals surface area contributed by atoms with Gasteiger partial charge >= 0.3 is 0 Å². The normalized spacial score (nSPS) is 10.8. The number of hydrogen-bond donors (Lipinski definition) is 1. The third-order valence-corrected chi connectivity index (χ3v) is 3.58.